The Labute approximate surface area is 163 Å². The van der Waals surface area contributed by atoms with Gasteiger partial charge in [-0.15, -0.1) is 0 Å². The zero-order chi connectivity index (χ0) is 19.2. The number of aryl methyl sites for hydroxylation is 2. The van der Waals surface area contributed by atoms with Gasteiger partial charge in [-0.2, -0.15) is 5.10 Å². The SMILES string of the molecule is Cc1cc(Cl)cc(C)c1OCC(=O)NCCc1cnn(-c2ccccc2)c1. The van der Waals surface area contributed by atoms with Gasteiger partial charge in [-0.1, -0.05) is 29.8 Å². The highest BCUT2D eigenvalue weighted by atomic mass is 35.5. The van der Waals surface area contributed by atoms with E-state index in [1.165, 1.54) is 0 Å². The first-order chi connectivity index (χ1) is 13.0. The van der Waals surface area contributed by atoms with Crippen LogP contribution in [0, 0.1) is 13.8 Å². The van der Waals surface area contributed by atoms with Gasteiger partial charge in [0, 0.05) is 17.8 Å². The van der Waals surface area contributed by atoms with E-state index in [1.54, 1.807) is 0 Å². The minimum atomic E-state index is -0.154. The van der Waals surface area contributed by atoms with Crippen LogP contribution in [0.25, 0.3) is 5.69 Å². The number of carbonyl (C=O) groups excluding carboxylic acids is 1. The summed E-state index contributed by atoms with van der Waals surface area (Å²) in [5, 5.41) is 7.89. The number of ether oxygens (including phenoxy) is 1. The first-order valence-corrected chi connectivity index (χ1v) is 9.16. The predicted octanol–water partition coefficient (Wildman–Crippen LogP) is 3.88. The second-order valence-corrected chi connectivity index (χ2v) is 6.82. The van der Waals surface area contributed by atoms with Crippen molar-refractivity contribution in [2.45, 2.75) is 20.3 Å². The molecule has 2 aromatic carbocycles. The van der Waals surface area contributed by atoms with Gasteiger partial charge < -0.3 is 10.1 Å². The molecule has 0 saturated carbocycles. The Hall–Kier alpha value is -2.79. The van der Waals surface area contributed by atoms with Crippen molar-refractivity contribution >= 4 is 17.5 Å². The molecule has 0 aliphatic heterocycles. The van der Waals surface area contributed by atoms with E-state index >= 15 is 0 Å². The summed E-state index contributed by atoms with van der Waals surface area (Å²) < 4.78 is 7.49. The molecule has 5 nitrogen and oxygen atoms in total. The quantitative estimate of drug-likeness (QED) is 0.673. The van der Waals surface area contributed by atoms with E-state index in [-0.39, 0.29) is 12.5 Å². The summed E-state index contributed by atoms with van der Waals surface area (Å²) in [6.07, 6.45) is 4.49. The van der Waals surface area contributed by atoms with Gasteiger partial charge in [-0.3, -0.25) is 4.79 Å². The van der Waals surface area contributed by atoms with Crippen molar-refractivity contribution in [3.8, 4) is 11.4 Å². The second-order valence-electron chi connectivity index (χ2n) is 6.39. The fourth-order valence-electron chi connectivity index (χ4n) is 2.87. The van der Waals surface area contributed by atoms with Crippen molar-refractivity contribution in [3.05, 3.63) is 76.6 Å². The molecule has 27 heavy (non-hydrogen) atoms. The van der Waals surface area contributed by atoms with E-state index in [0.717, 1.165) is 22.4 Å². The summed E-state index contributed by atoms with van der Waals surface area (Å²) in [6.45, 7) is 4.33. The molecule has 0 aliphatic carbocycles. The lowest BCUT2D eigenvalue weighted by Crippen LogP contribution is -2.30. The van der Waals surface area contributed by atoms with Crippen LogP contribution < -0.4 is 10.1 Å². The third-order valence-corrected chi connectivity index (χ3v) is 4.38. The molecule has 0 atom stereocenters. The standard InChI is InChI=1S/C21H22ClN3O2/c1-15-10-18(22)11-16(2)21(15)27-14-20(26)23-9-8-17-12-24-25(13-17)19-6-4-3-5-7-19/h3-7,10-13H,8-9,14H2,1-2H3,(H,23,26). The smallest absolute Gasteiger partial charge is 0.257 e. The van der Waals surface area contributed by atoms with Gasteiger partial charge in [0.05, 0.1) is 11.9 Å². The van der Waals surface area contributed by atoms with Crippen LogP contribution in [0.5, 0.6) is 5.75 Å². The summed E-state index contributed by atoms with van der Waals surface area (Å²) in [5.41, 5.74) is 3.90. The van der Waals surface area contributed by atoms with Gasteiger partial charge in [-0.25, -0.2) is 4.68 Å². The monoisotopic (exact) mass is 383 g/mol. The normalized spacial score (nSPS) is 10.6. The highest BCUT2D eigenvalue weighted by Crippen LogP contribution is 2.26. The maximum absolute atomic E-state index is 12.0. The summed E-state index contributed by atoms with van der Waals surface area (Å²) in [6, 6.07) is 13.6. The van der Waals surface area contributed by atoms with Gasteiger partial charge in [0.2, 0.25) is 0 Å². The molecule has 1 aromatic heterocycles. The molecule has 0 bridgehead atoms. The number of hydrogen-bond donors (Lipinski definition) is 1. The minimum Gasteiger partial charge on any atom is -0.483 e. The Balaban J connectivity index is 1.46. The van der Waals surface area contributed by atoms with Gasteiger partial charge >= 0.3 is 0 Å². The maximum atomic E-state index is 12.0. The van der Waals surface area contributed by atoms with Gasteiger partial charge in [0.15, 0.2) is 6.61 Å². The van der Waals surface area contributed by atoms with Crippen LogP contribution in [-0.4, -0.2) is 28.8 Å². The Kier molecular flexibility index (Phi) is 6.14. The molecule has 1 heterocycles. The zero-order valence-corrected chi connectivity index (χ0v) is 16.2. The van der Waals surface area contributed by atoms with Crippen molar-refractivity contribution < 1.29 is 9.53 Å². The Bertz CT molecular complexity index is 899. The Morgan fingerprint density at radius 2 is 1.89 bits per heavy atom. The van der Waals surface area contributed by atoms with Crippen LogP contribution in [0.4, 0.5) is 0 Å². The lowest BCUT2D eigenvalue weighted by molar-refractivity contribution is -0.123. The largest absolute Gasteiger partial charge is 0.483 e. The number of hydrogen-bond acceptors (Lipinski definition) is 3. The van der Waals surface area contributed by atoms with Gasteiger partial charge in [0.25, 0.3) is 5.91 Å². The van der Waals surface area contributed by atoms with Crippen LogP contribution in [0.15, 0.2) is 54.9 Å². The molecular weight excluding hydrogens is 362 g/mol. The predicted molar refractivity (Wildman–Crippen MR) is 107 cm³/mol. The molecule has 3 aromatic rings. The van der Waals surface area contributed by atoms with Crippen LogP contribution in [-0.2, 0) is 11.2 Å². The van der Waals surface area contributed by atoms with Crippen LogP contribution in [0.3, 0.4) is 0 Å². The van der Waals surface area contributed by atoms with E-state index < -0.39 is 0 Å². The second kappa shape index (κ2) is 8.73. The Morgan fingerprint density at radius 3 is 2.59 bits per heavy atom. The highest BCUT2D eigenvalue weighted by Gasteiger charge is 2.09. The minimum absolute atomic E-state index is 0.0212. The summed E-state index contributed by atoms with van der Waals surface area (Å²) in [7, 11) is 0. The molecule has 0 unspecified atom stereocenters. The number of halogens is 1. The van der Waals surface area contributed by atoms with E-state index in [9.17, 15) is 4.79 Å². The summed E-state index contributed by atoms with van der Waals surface area (Å²) >= 11 is 6.01. The maximum Gasteiger partial charge on any atom is 0.257 e. The van der Waals surface area contributed by atoms with E-state index in [0.29, 0.717) is 23.7 Å². The first-order valence-electron chi connectivity index (χ1n) is 8.78. The average Bonchev–Trinajstić information content (AvgIpc) is 3.10. The zero-order valence-electron chi connectivity index (χ0n) is 15.4. The van der Waals surface area contributed by atoms with E-state index in [1.807, 2.05) is 73.4 Å². The molecule has 6 heteroatoms. The third-order valence-electron chi connectivity index (χ3n) is 4.17. The molecule has 0 fully saturated rings. The number of aromatic nitrogens is 2. The van der Waals surface area contributed by atoms with Crippen molar-refractivity contribution in [2.75, 3.05) is 13.2 Å². The molecule has 0 spiro atoms. The van der Waals surface area contributed by atoms with E-state index in [4.69, 9.17) is 16.3 Å². The molecule has 0 saturated heterocycles. The molecule has 3 rings (SSSR count). The van der Waals surface area contributed by atoms with Crippen LogP contribution >= 0.6 is 11.6 Å². The van der Waals surface area contributed by atoms with Gasteiger partial charge in [0.1, 0.15) is 5.75 Å². The number of carbonyl (C=O) groups is 1. The number of nitrogens with one attached hydrogen (secondary N) is 1. The molecule has 1 amide bonds. The molecule has 1 N–H and O–H groups in total. The van der Waals surface area contributed by atoms with Crippen molar-refractivity contribution in [1.82, 2.24) is 15.1 Å². The lowest BCUT2D eigenvalue weighted by atomic mass is 10.1. The van der Waals surface area contributed by atoms with Gasteiger partial charge in [-0.05, 0) is 61.2 Å². The first kappa shape index (κ1) is 19.0. The average molecular weight is 384 g/mol. The van der Waals surface area contributed by atoms with Crippen LogP contribution in [0.1, 0.15) is 16.7 Å². The number of benzene rings is 2. The molecular formula is C21H22ClN3O2. The summed E-state index contributed by atoms with van der Waals surface area (Å²) in [4.78, 5) is 12.0. The van der Waals surface area contributed by atoms with Crippen molar-refractivity contribution in [3.63, 3.8) is 0 Å². The Morgan fingerprint density at radius 1 is 1.19 bits per heavy atom. The number of amides is 1. The third kappa shape index (κ3) is 5.11. The topological polar surface area (TPSA) is 56.1 Å². The number of para-hydroxylation sites is 1. The summed E-state index contributed by atoms with van der Waals surface area (Å²) in [5.74, 6) is 0.554. The lowest BCUT2D eigenvalue weighted by Gasteiger charge is -2.12. The fourth-order valence-corrected chi connectivity index (χ4v) is 3.20. The fraction of sp³-hybridized carbons (Fsp3) is 0.238. The number of nitrogens with zero attached hydrogens (tertiary/aromatic N) is 2. The van der Waals surface area contributed by atoms with E-state index in [2.05, 4.69) is 10.4 Å². The van der Waals surface area contributed by atoms with Crippen molar-refractivity contribution in [2.24, 2.45) is 0 Å². The van der Waals surface area contributed by atoms with Crippen molar-refractivity contribution in [1.29, 1.82) is 0 Å². The molecule has 0 radical (unpaired) electrons. The highest BCUT2D eigenvalue weighted by molar-refractivity contribution is 6.30. The molecule has 0 aliphatic rings. The van der Waals surface area contributed by atoms with Crippen LogP contribution in [0.2, 0.25) is 5.02 Å². The molecule has 140 valence electrons. The number of rotatable bonds is 7.